The molecule has 1 fully saturated rings. The smallest absolute Gasteiger partial charge is 0.433 e. The first kappa shape index (κ1) is 13.2. The first-order chi connectivity index (χ1) is 7.48. The highest BCUT2D eigenvalue weighted by atomic mass is 16.6. The van der Waals surface area contributed by atoms with Gasteiger partial charge in [0.15, 0.2) is 0 Å². The van der Waals surface area contributed by atoms with Gasteiger partial charge in [0.2, 0.25) is 0 Å². The van der Waals surface area contributed by atoms with Gasteiger partial charge in [-0.15, -0.1) is 0 Å². The molecule has 1 saturated carbocycles. The van der Waals surface area contributed by atoms with Gasteiger partial charge in [0.05, 0.1) is 0 Å². The maximum Gasteiger partial charge on any atom is 0.433 e. The fourth-order valence-corrected chi connectivity index (χ4v) is 2.36. The molecule has 1 aliphatic rings. The van der Waals surface area contributed by atoms with E-state index in [0.29, 0.717) is 11.3 Å². The molecule has 0 saturated heterocycles. The number of nitrogens with zero attached hydrogens (tertiary/aromatic N) is 1. The van der Waals surface area contributed by atoms with Crippen LogP contribution in [0.2, 0.25) is 0 Å². The van der Waals surface area contributed by atoms with Crippen LogP contribution in [0.25, 0.3) is 0 Å². The van der Waals surface area contributed by atoms with Crippen LogP contribution < -0.4 is 0 Å². The lowest BCUT2D eigenvalue weighted by atomic mass is 9.67. The van der Waals surface area contributed by atoms with Gasteiger partial charge in [0, 0.05) is 6.21 Å². The molecule has 0 radical (unpaired) electrons. The Kier molecular flexibility index (Phi) is 4.51. The Morgan fingerprint density at radius 2 is 2.25 bits per heavy atom. The second-order valence-electron chi connectivity index (χ2n) is 5.30. The van der Waals surface area contributed by atoms with Crippen LogP contribution in [0.5, 0.6) is 0 Å². The molecule has 0 aromatic heterocycles. The highest BCUT2D eigenvalue weighted by molar-refractivity contribution is 5.78. The van der Waals surface area contributed by atoms with E-state index in [1.807, 2.05) is 0 Å². The van der Waals surface area contributed by atoms with E-state index < -0.39 is 6.09 Å². The zero-order chi connectivity index (χ0) is 12.2. The first-order valence-corrected chi connectivity index (χ1v) is 6.17. The fraction of sp³-hybridized carbons (Fsp3) is 0.846. The van der Waals surface area contributed by atoms with Crippen LogP contribution in [0, 0.1) is 11.3 Å². The van der Waals surface area contributed by atoms with Crippen molar-refractivity contribution in [1.29, 1.82) is 0 Å². The summed E-state index contributed by atoms with van der Waals surface area (Å²) in [4.78, 5) is 14.9. The van der Waals surface area contributed by atoms with Crippen LogP contribution in [0.3, 0.4) is 0 Å². The lowest BCUT2D eigenvalue weighted by molar-refractivity contribution is 0.0167. The average Bonchev–Trinajstić information content (AvgIpc) is 2.17. The van der Waals surface area contributed by atoms with Crippen molar-refractivity contribution in [3.8, 4) is 0 Å². The molecular formula is C13H23NO2. The molecule has 0 aromatic rings. The van der Waals surface area contributed by atoms with Crippen molar-refractivity contribution >= 4 is 12.3 Å². The normalized spacial score (nSPS) is 30.9. The Morgan fingerprint density at radius 1 is 1.56 bits per heavy atom. The molecule has 1 rings (SSSR count). The summed E-state index contributed by atoms with van der Waals surface area (Å²) in [5, 5.41) is 0. The molecule has 16 heavy (non-hydrogen) atoms. The van der Waals surface area contributed by atoms with Gasteiger partial charge in [-0.25, -0.2) is 4.79 Å². The summed E-state index contributed by atoms with van der Waals surface area (Å²) in [6, 6.07) is 0. The van der Waals surface area contributed by atoms with E-state index in [-0.39, 0.29) is 6.10 Å². The van der Waals surface area contributed by atoms with Crippen molar-refractivity contribution in [2.24, 2.45) is 16.3 Å². The molecule has 3 heteroatoms. The van der Waals surface area contributed by atoms with Gasteiger partial charge in [-0.1, -0.05) is 20.8 Å². The molecule has 0 bridgehead atoms. The molecule has 0 aromatic carbocycles. The molecular weight excluding hydrogens is 202 g/mol. The second kappa shape index (κ2) is 5.46. The van der Waals surface area contributed by atoms with Crippen LogP contribution in [-0.2, 0) is 4.74 Å². The maximum absolute atomic E-state index is 11.3. The largest absolute Gasteiger partial charge is 0.445 e. The molecule has 0 aliphatic heterocycles. The lowest BCUT2D eigenvalue weighted by Crippen LogP contribution is -2.35. The van der Waals surface area contributed by atoms with E-state index in [2.05, 4.69) is 25.8 Å². The van der Waals surface area contributed by atoms with Gasteiger partial charge in [-0.05, 0) is 43.9 Å². The van der Waals surface area contributed by atoms with Crippen LogP contribution in [-0.4, -0.2) is 18.4 Å². The second-order valence-corrected chi connectivity index (χ2v) is 5.30. The van der Waals surface area contributed by atoms with Crippen molar-refractivity contribution in [2.75, 3.05) is 0 Å². The van der Waals surface area contributed by atoms with E-state index >= 15 is 0 Å². The Bertz CT molecular complexity index is 273. The minimum absolute atomic E-state index is 0.0531. The number of aliphatic imine (C=N–C) groups is 1. The standard InChI is InChI=1S/C13H23NO2/c1-5-14-12(15)16-11-7-6-8-13(4,9-11)10(2)3/h5,10-11H,6-9H2,1-4H3. The van der Waals surface area contributed by atoms with Crippen LogP contribution >= 0.6 is 0 Å². The van der Waals surface area contributed by atoms with Gasteiger partial charge >= 0.3 is 6.09 Å². The Balaban J connectivity index is 2.54. The molecule has 2 unspecified atom stereocenters. The first-order valence-electron chi connectivity index (χ1n) is 6.17. The van der Waals surface area contributed by atoms with E-state index in [4.69, 9.17) is 4.74 Å². The summed E-state index contributed by atoms with van der Waals surface area (Å²) >= 11 is 0. The minimum atomic E-state index is -0.444. The summed E-state index contributed by atoms with van der Waals surface area (Å²) in [6.45, 7) is 8.50. The topological polar surface area (TPSA) is 38.7 Å². The monoisotopic (exact) mass is 225 g/mol. The van der Waals surface area contributed by atoms with Crippen molar-refractivity contribution in [2.45, 2.75) is 59.5 Å². The fourth-order valence-electron chi connectivity index (χ4n) is 2.36. The third-order valence-electron chi connectivity index (χ3n) is 3.86. The molecule has 0 heterocycles. The number of amides is 1. The number of hydrogen-bond acceptors (Lipinski definition) is 2. The van der Waals surface area contributed by atoms with Gasteiger partial charge in [-0.3, -0.25) is 0 Å². The quantitative estimate of drug-likeness (QED) is 0.670. The minimum Gasteiger partial charge on any atom is -0.445 e. The maximum atomic E-state index is 11.3. The number of ether oxygens (including phenoxy) is 1. The van der Waals surface area contributed by atoms with Gasteiger partial charge in [0.25, 0.3) is 0 Å². The predicted molar refractivity (Wildman–Crippen MR) is 65.8 cm³/mol. The van der Waals surface area contributed by atoms with E-state index in [9.17, 15) is 4.79 Å². The molecule has 1 amide bonds. The number of carbonyl (C=O) groups is 1. The molecule has 3 nitrogen and oxygen atoms in total. The van der Waals surface area contributed by atoms with Gasteiger partial charge < -0.3 is 4.74 Å². The number of hydrogen-bond donors (Lipinski definition) is 0. The molecule has 92 valence electrons. The summed E-state index contributed by atoms with van der Waals surface area (Å²) < 4.78 is 5.34. The predicted octanol–water partition coefficient (Wildman–Crippen LogP) is 3.82. The van der Waals surface area contributed by atoms with Crippen LogP contribution in [0.1, 0.15) is 53.4 Å². The van der Waals surface area contributed by atoms with Crippen molar-refractivity contribution < 1.29 is 9.53 Å². The lowest BCUT2D eigenvalue weighted by Gasteiger charge is -2.40. The third-order valence-corrected chi connectivity index (χ3v) is 3.86. The van der Waals surface area contributed by atoms with E-state index in [1.165, 1.54) is 12.6 Å². The third kappa shape index (κ3) is 3.32. The summed E-state index contributed by atoms with van der Waals surface area (Å²) in [6.07, 6.45) is 5.41. The van der Waals surface area contributed by atoms with Gasteiger partial charge in [0.1, 0.15) is 6.10 Å². The highest BCUT2D eigenvalue weighted by Gasteiger charge is 2.36. The number of carbonyl (C=O) groups excluding carboxylic acids is 1. The molecule has 0 N–H and O–H groups in total. The summed E-state index contributed by atoms with van der Waals surface area (Å²) in [5.74, 6) is 0.628. The van der Waals surface area contributed by atoms with Gasteiger partial charge in [-0.2, -0.15) is 4.99 Å². The SMILES string of the molecule is CC=NC(=O)OC1CCCC(C)(C(C)C)C1. The van der Waals surface area contributed by atoms with Crippen LogP contribution in [0.4, 0.5) is 4.79 Å². The zero-order valence-corrected chi connectivity index (χ0v) is 10.8. The average molecular weight is 225 g/mol. The molecule has 0 spiro atoms. The summed E-state index contributed by atoms with van der Waals surface area (Å²) in [5.41, 5.74) is 0.305. The molecule has 2 atom stereocenters. The highest BCUT2D eigenvalue weighted by Crippen LogP contribution is 2.42. The Labute approximate surface area is 98.3 Å². The molecule has 1 aliphatic carbocycles. The Hall–Kier alpha value is -0.860. The van der Waals surface area contributed by atoms with Crippen molar-refractivity contribution in [3.63, 3.8) is 0 Å². The van der Waals surface area contributed by atoms with E-state index in [0.717, 1.165) is 19.3 Å². The van der Waals surface area contributed by atoms with Crippen LogP contribution in [0.15, 0.2) is 4.99 Å². The Morgan fingerprint density at radius 3 is 2.81 bits per heavy atom. The van der Waals surface area contributed by atoms with Crippen molar-refractivity contribution in [3.05, 3.63) is 0 Å². The van der Waals surface area contributed by atoms with Crippen molar-refractivity contribution in [1.82, 2.24) is 0 Å². The zero-order valence-electron chi connectivity index (χ0n) is 10.8. The summed E-state index contributed by atoms with van der Waals surface area (Å²) in [7, 11) is 0. The van der Waals surface area contributed by atoms with E-state index in [1.54, 1.807) is 6.92 Å². The number of rotatable bonds is 2.